The smallest absolute Gasteiger partial charge is 0.342 e. The number of benzene rings is 1. The first-order chi connectivity index (χ1) is 10.2. The summed E-state index contributed by atoms with van der Waals surface area (Å²) in [6.45, 7) is 0. The molecule has 0 fully saturated rings. The van der Waals surface area contributed by atoms with Gasteiger partial charge in [-0.15, -0.1) is 5.10 Å². The van der Waals surface area contributed by atoms with Gasteiger partial charge in [0.05, 0.1) is 5.52 Å². The Hall–Kier alpha value is -3.16. The van der Waals surface area contributed by atoms with E-state index in [-0.39, 0.29) is 17.7 Å². The van der Waals surface area contributed by atoms with Crippen molar-refractivity contribution in [2.24, 2.45) is 17.9 Å². The zero-order valence-electron chi connectivity index (χ0n) is 11.1. The minimum absolute atomic E-state index is 0.0209. The normalized spacial score (nSPS) is 11.8. The monoisotopic (exact) mass is 284 g/mol. The highest BCUT2D eigenvalue weighted by atomic mass is 16.5. The highest BCUT2D eigenvalue weighted by molar-refractivity contribution is 6.08. The van der Waals surface area contributed by atoms with E-state index in [4.69, 9.17) is 15.7 Å². The fraction of sp³-hybridized carbons (Fsp3) is 0.0769. The molecule has 21 heavy (non-hydrogen) atoms. The lowest BCUT2D eigenvalue weighted by Crippen LogP contribution is -2.14. The van der Waals surface area contributed by atoms with E-state index in [1.54, 1.807) is 13.1 Å². The second kappa shape index (κ2) is 5.08. The second-order valence-electron chi connectivity index (χ2n) is 4.31. The van der Waals surface area contributed by atoms with E-state index in [1.807, 2.05) is 24.3 Å². The molecule has 0 saturated heterocycles. The van der Waals surface area contributed by atoms with E-state index in [1.165, 1.54) is 11.0 Å². The van der Waals surface area contributed by atoms with Crippen LogP contribution in [0.4, 0.5) is 0 Å². The number of oxime groups is 1. The number of hydrogen-bond acceptors (Lipinski definition) is 6. The number of aryl methyl sites for hydroxylation is 1. The predicted octanol–water partition coefficient (Wildman–Crippen LogP) is 1.25. The van der Waals surface area contributed by atoms with Crippen molar-refractivity contribution < 1.29 is 9.94 Å². The van der Waals surface area contributed by atoms with Gasteiger partial charge in [-0.3, -0.25) is 4.68 Å². The van der Waals surface area contributed by atoms with Crippen molar-refractivity contribution in [3.05, 3.63) is 42.2 Å². The minimum atomic E-state index is -0.0209. The molecule has 0 unspecified atom stereocenters. The molecule has 2 heterocycles. The average Bonchev–Trinajstić information content (AvgIpc) is 2.90. The van der Waals surface area contributed by atoms with Crippen LogP contribution in [0.1, 0.15) is 5.56 Å². The lowest BCUT2D eigenvalue weighted by atomic mass is 10.1. The molecule has 3 rings (SSSR count). The van der Waals surface area contributed by atoms with Gasteiger partial charge in [-0.05, 0) is 6.07 Å². The molecule has 0 amide bonds. The van der Waals surface area contributed by atoms with Crippen molar-refractivity contribution in [3.8, 4) is 11.9 Å². The van der Waals surface area contributed by atoms with Crippen LogP contribution in [0.3, 0.4) is 0 Å². The van der Waals surface area contributed by atoms with Gasteiger partial charge >= 0.3 is 6.01 Å². The van der Waals surface area contributed by atoms with Crippen molar-refractivity contribution in [1.82, 2.24) is 19.7 Å². The van der Waals surface area contributed by atoms with E-state index in [0.717, 1.165) is 5.39 Å². The molecule has 0 spiro atoms. The van der Waals surface area contributed by atoms with Crippen LogP contribution >= 0.6 is 0 Å². The van der Waals surface area contributed by atoms with Crippen molar-refractivity contribution >= 4 is 16.7 Å². The Morgan fingerprint density at radius 3 is 2.90 bits per heavy atom. The summed E-state index contributed by atoms with van der Waals surface area (Å²) in [5.74, 6) is 0.244. The van der Waals surface area contributed by atoms with Crippen molar-refractivity contribution in [3.63, 3.8) is 0 Å². The maximum absolute atomic E-state index is 8.91. The second-order valence-corrected chi connectivity index (χ2v) is 4.31. The highest BCUT2D eigenvalue weighted by Crippen LogP contribution is 2.24. The fourth-order valence-corrected chi connectivity index (χ4v) is 1.93. The van der Waals surface area contributed by atoms with Gasteiger partial charge in [0.2, 0.25) is 5.88 Å². The van der Waals surface area contributed by atoms with Crippen LogP contribution in [0.2, 0.25) is 0 Å². The van der Waals surface area contributed by atoms with Gasteiger partial charge in [-0.2, -0.15) is 4.98 Å². The minimum Gasteiger partial charge on any atom is -0.409 e. The van der Waals surface area contributed by atoms with Crippen molar-refractivity contribution in [1.29, 1.82) is 0 Å². The van der Waals surface area contributed by atoms with Crippen LogP contribution in [-0.2, 0) is 7.05 Å². The van der Waals surface area contributed by atoms with Crippen LogP contribution < -0.4 is 10.5 Å². The Bertz CT molecular complexity index is 826. The molecule has 0 aliphatic carbocycles. The van der Waals surface area contributed by atoms with Crippen molar-refractivity contribution in [2.75, 3.05) is 0 Å². The van der Waals surface area contributed by atoms with E-state index in [0.29, 0.717) is 11.1 Å². The van der Waals surface area contributed by atoms with Gasteiger partial charge in [-0.25, -0.2) is 4.98 Å². The quantitative estimate of drug-likeness (QED) is 0.324. The zero-order valence-corrected chi connectivity index (χ0v) is 11.1. The van der Waals surface area contributed by atoms with Gasteiger partial charge in [0, 0.05) is 24.1 Å². The molecule has 0 radical (unpaired) electrons. The van der Waals surface area contributed by atoms with Crippen LogP contribution in [0.25, 0.3) is 10.9 Å². The van der Waals surface area contributed by atoms with E-state index in [9.17, 15) is 0 Å². The molecule has 0 atom stereocenters. The number of hydrogen-bond donors (Lipinski definition) is 2. The number of amidine groups is 1. The third-order valence-corrected chi connectivity index (χ3v) is 2.85. The molecule has 3 aromatic rings. The molecule has 106 valence electrons. The molecule has 2 aromatic heterocycles. The average molecular weight is 284 g/mol. The lowest BCUT2D eigenvalue weighted by molar-refractivity contribution is 0.318. The van der Waals surface area contributed by atoms with Crippen LogP contribution in [0.5, 0.6) is 11.9 Å². The van der Waals surface area contributed by atoms with Gasteiger partial charge < -0.3 is 15.7 Å². The van der Waals surface area contributed by atoms with Gasteiger partial charge in [0.15, 0.2) is 5.84 Å². The summed E-state index contributed by atoms with van der Waals surface area (Å²) in [6, 6.07) is 9.08. The first kappa shape index (κ1) is 12.9. The third-order valence-electron chi connectivity index (χ3n) is 2.85. The van der Waals surface area contributed by atoms with Crippen LogP contribution in [-0.4, -0.2) is 30.8 Å². The Labute approximate surface area is 119 Å². The van der Waals surface area contributed by atoms with E-state index in [2.05, 4.69) is 20.2 Å². The lowest BCUT2D eigenvalue weighted by Gasteiger charge is -2.07. The summed E-state index contributed by atoms with van der Waals surface area (Å²) < 4.78 is 7.01. The Balaban J connectivity index is 2.11. The number of pyridine rings is 1. The predicted molar refractivity (Wildman–Crippen MR) is 75.3 cm³/mol. The summed E-state index contributed by atoms with van der Waals surface area (Å²) in [7, 11) is 1.73. The van der Waals surface area contributed by atoms with Gasteiger partial charge in [0.1, 0.15) is 6.33 Å². The molecule has 0 aliphatic rings. The summed E-state index contributed by atoms with van der Waals surface area (Å²) in [6.07, 6.45) is 1.51. The molecule has 0 saturated carbocycles. The molecule has 1 aromatic carbocycles. The van der Waals surface area contributed by atoms with E-state index >= 15 is 0 Å². The maximum Gasteiger partial charge on any atom is 0.342 e. The molecular weight excluding hydrogens is 272 g/mol. The van der Waals surface area contributed by atoms with Crippen molar-refractivity contribution in [2.45, 2.75) is 0 Å². The number of para-hydroxylation sites is 1. The summed E-state index contributed by atoms with van der Waals surface area (Å²) in [5, 5.41) is 16.7. The largest absolute Gasteiger partial charge is 0.409 e. The maximum atomic E-state index is 8.91. The standard InChI is InChI=1S/C13H12N6O2/c1-19-7-15-13(17-19)21-11-6-9(12(14)18-20)8-4-2-3-5-10(8)16-11/h2-7,20H,1H3,(H2,14,18). The third kappa shape index (κ3) is 2.46. The molecule has 0 aliphatic heterocycles. The SMILES string of the molecule is Cn1cnc(Oc2cc(/C(N)=N/O)c3ccccc3n2)n1. The number of fused-ring (bicyclic) bond motifs is 1. The van der Waals surface area contributed by atoms with Crippen LogP contribution in [0, 0.1) is 0 Å². The molecule has 8 nitrogen and oxygen atoms in total. The summed E-state index contributed by atoms with van der Waals surface area (Å²) in [5.41, 5.74) is 6.89. The Morgan fingerprint density at radius 1 is 1.38 bits per heavy atom. The number of ether oxygens (including phenoxy) is 1. The molecule has 0 bridgehead atoms. The van der Waals surface area contributed by atoms with Gasteiger partial charge in [0.25, 0.3) is 0 Å². The first-order valence-electron chi connectivity index (χ1n) is 6.08. The zero-order chi connectivity index (χ0) is 14.8. The Morgan fingerprint density at radius 2 is 2.19 bits per heavy atom. The summed E-state index contributed by atoms with van der Waals surface area (Å²) >= 11 is 0. The molecule has 8 heteroatoms. The van der Waals surface area contributed by atoms with Crippen LogP contribution in [0.15, 0.2) is 41.8 Å². The fourth-order valence-electron chi connectivity index (χ4n) is 1.93. The van der Waals surface area contributed by atoms with E-state index < -0.39 is 0 Å². The van der Waals surface area contributed by atoms with Gasteiger partial charge in [-0.1, -0.05) is 23.4 Å². The number of nitrogens with zero attached hydrogens (tertiary/aromatic N) is 5. The molecular formula is C13H12N6O2. The Kier molecular flexibility index (Phi) is 3.11. The summed E-state index contributed by atoms with van der Waals surface area (Å²) in [4.78, 5) is 8.32. The first-order valence-corrected chi connectivity index (χ1v) is 6.08. The molecule has 3 N–H and O–H groups in total. The number of rotatable bonds is 3. The topological polar surface area (TPSA) is 111 Å². The number of nitrogens with two attached hydrogens (primary N) is 1. The number of aromatic nitrogens is 4. The highest BCUT2D eigenvalue weighted by Gasteiger charge is 2.12.